The maximum absolute atomic E-state index is 11.6. The molecule has 0 bridgehead atoms. The van der Waals surface area contributed by atoms with Crippen molar-refractivity contribution in [1.82, 2.24) is 10.6 Å². The summed E-state index contributed by atoms with van der Waals surface area (Å²) in [4.78, 5) is 45.5. The zero-order chi connectivity index (χ0) is 18.6. The van der Waals surface area contributed by atoms with Gasteiger partial charge in [-0.2, -0.15) is 0 Å². The summed E-state index contributed by atoms with van der Waals surface area (Å²) in [6, 6.07) is 0. The average Bonchev–Trinajstić information content (AvgIpc) is 2.57. The first kappa shape index (κ1) is 21.9. The molecule has 0 heterocycles. The van der Waals surface area contributed by atoms with Crippen LogP contribution in [-0.4, -0.2) is 37.2 Å². The fourth-order valence-corrected chi connectivity index (χ4v) is 2.01. The Morgan fingerprint density at radius 3 is 1.50 bits per heavy atom. The Balaban J connectivity index is 4.65. The van der Waals surface area contributed by atoms with Gasteiger partial charge in [0.25, 0.3) is 0 Å². The van der Waals surface area contributed by atoms with Gasteiger partial charge in [-0.25, -0.2) is 9.59 Å². The Kier molecular flexibility index (Phi) is 10.4. The van der Waals surface area contributed by atoms with Gasteiger partial charge in [-0.05, 0) is 12.8 Å². The van der Waals surface area contributed by atoms with E-state index < -0.39 is 29.4 Å². The predicted octanol–water partition coefficient (Wildman–Crippen LogP) is 2.51. The smallest absolute Gasteiger partial charge is 0.413 e. The van der Waals surface area contributed by atoms with Gasteiger partial charge in [0.15, 0.2) is 0 Å². The highest BCUT2D eigenvalue weighted by molar-refractivity contribution is 5.92. The Hall–Kier alpha value is -2.12. The fourth-order valence-electron chi connectivity index (χ4n) is 2.01. The van der Waals surface area contributed by atoms with E-state index in [1.807, 2.05) is 13.8 Å². The molecule has 0 atom stereocenters. The number of hydrogen-bond acceptors (Lipinski definition) is 6. The number of alkyl carbamates (subject to hydrolysis) is 2. The molecule has 2 N–H and O–H groups in total. The van der Waals surface area contributed by atoms with Crippen LogP contribution in [0.4, 0.5) is 9.59 Å². The SMILES string of the molecule is CCCC(CC)(COC(=O)NC(=O)CC)COC(=O)NC(=O)CC. The molecular weight excluding hydrogens is 316 g/mol. The molecule has 0 saturated heterocycles. The lowest BCUT2D eigenvalue weighted by molar-refractivity contribution is -0.121. The second-order valence-electron chi connectivity index (χ2n) is 5.56. The van der Waals surface area contributed by atoms with Crippen LogP contribution >= 0.6 is 0 Å². The molecule has 0 radical (unpaired) electrons. The predicted molar refractivity (Wildman–Crippen MR) is 87.2 cm³/mol. The number of amides is 4. The summed E-state index contributed by atoms with van der Waals surface area (Å²) in [5.74, 6) is -0.849. The summed E-state index contributed by atoms with van der Waals surface area (Å²) in [5.41, 5.74) is -0.562. The van der Waals surface area contributed by atoms with Crippen LogP contribution in [0.3, 0.4) is 0 Å². The molecule has 0 unspecified atom stereocenters. The molecule has 0 aliphatic carbocycles. The number of imide groups is 2. The van der Waals surface area contributed by atoms with E-state index in [-0.39, 0.29) is 26.1 Å². The van der Waals surface area contributed by atoms with E-state index in [0.717, 1.165) is 6.42 Å². The molecule has 8 nitrogen and oxygen atoms in total. The molecule has 0 aromatic rings. The van der Waals surface area contributed by atoms with Crippen LogP contribution in [0.2, 0.25) is 0 Å². The van der Waals surface area contributed by atoms with Crippen molar-refractivity contribution in [1.29, 1.82) is 0 Å². The van der Waals surface area contributed by atoms with Crippen LogP contribution in [0, 0.1) is 5.41 Å². The van der Waals surface area contributed by atoms with Crippen molar-refractivity contribution in [3.05, 3.63) is 0 Å². The maximum atomic E-state index is 11.6. The van der Waals surface area contributed by atoms with Crippen molar-refractivity contribution in [2.24, 2.45) is 5.41 Å². The molecule has 0 aliphatic heterocycles. The second kappa shape index (κ2) is 11.4. The van der Waals surface area contributed by atoms with E-state index in [4.69, 9.17) is 9.47 Å². The first-order valence-electron chi connectivity index (χ1n) is 8.25. The number of ether oxygens (including phenoxy) is 2. The molecule has 8 heteroatoms. The van der Waals surface area contributed by atoms with Gasteiger partial charge < -0.3 is 9.47 Å². The van der Waals surface area contributed by atoms with E-state index in [1.165, 1.54) is 0 Å². The summed E-state index contributed by atoms with van der Waals surface area (Å²) in [6.45, 7) is 7.13. The minimum absolute atomic E-state index is 0.00910. The third kappa shape index (κ3) is 8.50. The first-order chi connectivity index (χ1) is 11.3. The minimum Gasteiger partial charge on any atom is -0.449 e. The largest absolute Gasteiger partial charge is 0.449 e. The highest BCUT2D eigenvalue weighted by Gasteiger charge is 2.31. The van der Waals surface area contributed by atoms with Crippen LogP contribution in [0.15, 0.2) is 0 Å². The van der Waals surface area contributed by atoms with Gasteiger partial charge >= 0.3 is 12.2 Å². The van der Waals surface area contributed by atoms with Gasteiger partial charge in [-0.3, -0.25) is 20.2 Å². The molecule has 0 aliphatic rings. The van der Waals surface area contributed by atoms with Crippen LogP contribution in [0.5, 0.6) is 0 Å². The van der Waals surface area contributed by atoms with Gasteiger partial charge in [0.1, 0.15) is 13.2 Å². The standard InChI is InChI=1S/C16H28N2O6/c1-5-9-16(8-4,10-23-14(21)17-12(19)6-2)11-24-15(22)18-13(20)7-3/h5-11H2,1-4H3,(H,17,19,21)(H,18,20,22). The molecule has 0 fully saturated rings. The summed E-state index contributed by atoms with van der Waals surface area (Å²) in [5, 5.41) is 4.20. The Morgan fingerprint density at radius 2 is 1.21 bits per heavy atom. The molecule has 138 valence electrons. The Labute approximate surface area is 142 Å². The summed E-state index contributed by atoms with van der Waals surface area (Å²) in [6.07, 6.45) is 0.780. The molecule has 0 aromatic carbocycles. The second-order valence-corrected chi connectivity index (χ2v) is 5.56. The van der Waals surface area contributed by atoms with Gasteiger partial charge in [-0.1, -0.05) is 34.1 Å². The Bertz CT molecular complexity index is 416. The molecular formula is C16H28N2O6. The summed E-state index contributed by atoms with van der Waals surface area (Å²) >= 11 is 0. The number of hydrogen-bond donors (Lipinski definition) is 2. The van der Waals surface area contributed by atoms with E-state index in [1.54, 1.807) is 13.8 Å². The number of nitrogens with one attached hydrogen (secondary N) is 2. The average molecular weight is 344 g/mol. The fraction of sp³-hybridized carbons (Fsp3) is 0.750. The maximum Gasteiger partial charge on any atom is 0.413 e. The number of rotatable bonds is 9. The van der Waals surface area contributed by atoms with Crippen molar-refractivity contribution in [3.8, 4) is 0 Å². The quantitative estimate of drug-likeness (QED) is 0.665. The highest BCUT2D eigenvalue weighted by atomic mass is 16.6. The lowest BCUT2D eigenvalue weighted by Gasteiger charge is -2.31. The van der Waals surface area contributed by atoms with E-state index >= 15 is 0 Å². The summed E-state index contributed by atoms with van der Waals surface area (Å²) in [7, 11) is 0. The van der Waals surface area contributed by atoms with Gasteiger partial charge in [0, 0.05) is 18.3 Å². The van der Waals surface area contributed by atoms with Gasteiger partial charge in [0.2, 0.25) is 11.8 Å². The van der Waals surface area contributed by atoms with E-state index in [0.29, 0.717) is 12.8 Å². The first-order valence-corrected chi connectivity index (χ1v) is 8.25. The van der Waals surface area contributed by atoms with E-state index in [9.17, 15) is 19.2 Å². The lowest BCUT2D eigenvalue weighted by Crippen LogP contribution is -2.39. The number of carbonyl (C=O) groups is 4. The molecule has 0 saturated carbocycles. The molecule has 0 aromatic heterocycles. The van der Waals surface area contributed by atoms with Crippen molar-refractivity contribution < 1.29 is 28.7 Å². The zero-order valence-electron chi connectivity index (χ0n) is 14.9. The van der Waals surface area contributed by atoms with Crippen molar-refractivity contribution in [3.63, 3.8) is 0 Å². The normalized spacial score (nSPS) is 10.7. The molecule has 0 rings (SSSR count). The topological polar surface area (TPSA) is 111 Å². The van der Waals surface area contributed by atoms with Gasteiger partial charge in [-0.15, -0.1) is 0 Å². The lowest BCUT2D eigenvalue weighted by atomic mass is 9.82. The minimum atomic E-state index is -0.818. The molecule has 0 spiro atoms. The third-order valence-electron chi connectivity index (χ3n) is 3.67. The van der Waals surface area contributed by atoms with Crippen LogP contribution in [0.25, 0.3) is 0 Å². The van der Waals surface area contributed by atoms with Crippen molar-refractivity contribution in [2.75, 3.05) is 13.2 Å². The van der Waals surface area contributed by atoms with Crippen molar-refractivity contribution >= 4 is 24.0 Å². The summed E-state index contributed by atoms with van der Waals surface area (Å²) < 4.78 is 10.2. The molecule has 4 amide bonds. The number of carbonyl (C=O) groups excluding carboxylic acids is 4. The van der Waals surface area contributed by atoms with Crippen LogP contribution < -0.4 is 10.6 Å². The van der Waals surface area contributed by atoms with E-state index in [2.05, 4.69) is 10.6 Å². The Morgan fingerprint density at radius 1 is 0.792 bits per heavy atom. The zero-order valence-corrected chi connectivity index (χ0v) is 14.9. The molecule has 24 heavy (non-hydrogen) atoms. The third-order valence-corrected chi connectivity index (χ3v) is 3.67. The monoisotopic (exact) mass is 344 g/mol. The van der Waals surface area contributed by atoms with Gasteiger partial charge in [0.05, 0.1) is 0 Å². The van der Waals surface area contributed by atoms with Crippen LogP contribution in [-0.2, 0) is 19.1 Å². The highest BCUT2D eigenvalue weighted by Crippen LogP contribution is 2.29. The van der Waals surface area contributed by atoms with Crippen LogP contribution in [0.1, 0.15) is 59.8 Å². The van der Waals surface area contributed by atoms with Crippen molar-refractivity contribution in [2.45, 2.75) is 59.8 Å².